The molecule has 2 N–H and O–H groups in total. The molecule has 0 aromatic heterocycles. The zero-order valence-electron chi connectivity index (χ0n) is 13.8. The predicted molar refractivity (Wildman–Crippen MR) is 97.4 cm³/mol. The number of rotatable bonds is 5. The van der Waals surface area contributed by atoms with Gasteiger partial charge in [0.05, 0.1) is 0 Å². The molecule has 0 radical (unpaired) electrons. The van der Waals surface area contributed by atoms with E-state index in [1.807, 2.05) is 36.4 Å². The van der Waals surface area contributed by atoms with E-state index in [9.17, 15) is 4.57 Å². The highest BCUT2D eigenvalue weighted by molar-refractivity contribution is 7.76. The van der Waals surface area contributed by atoms with E-state index in [4.69, 9.17) is 5.50 Å². The van der Waals surface area contributed by atoms with E-state index in [-0.39, 0.29) is 0 Å². The number of nitrogens with zero attached hydrogens (tertiary/aromatic N) is 1. The Kier molecular flexibility index (Phi) is 8.11. The van der Waals surface area contributed by atoms with Crippen LogP contribution in [0.4, 0.5) is 0 Å². The SMILES string of the molecule is CCN(CC)CC.NP(=O)(c1ccccc1)c1ccccc1. The smallest absolute Gasteiger partial charge is 0.202 e. The van der Waals surface area contributed by atoms with Gasteiger partial charge in [0.25, 0.3) is 0 Å². The average molecular weight is 318 g/mol. The van der Waals surface area contributed by atoms with Crippen molar-refractivity contribution in [3.63, 3.8) is 0 Å². The lowest BCUT2D eigenvalue weighted by Crippen LogP contribution is -2.21. The first-order valence-corrected chi connectivity index (χ1v) is 9.56. The molecule has 0 amide bonds. The maximum atomic E-state index is 12.4. The van der Waals surface area contributed by atoms with Crippen LogP contribution in [0.2, 0.25) is 0 Å². The first-order chi connectivity index (χ1) is 10.6. The van der Waals surface area contributed by atoms with Gasteiger partial charge in [-0.1, -0.05) is 57.2 Å². The van der Waals surface area contributed by atoms with Crippen LogP contribution in [-0.2, 0) is 4.57 Å². The van der Waals surface area contributed by atoms with Crippen LogP contribution in [0.5, 0.6) is 0 Å². The van der Waals surface area contributed by atoms with Crippen molar-refractivity contribution < 1.29 is 4.57 Å². The second-order valence-corrected chi connectivity index (χ2v) is 7.30. The largest absolute Gasteiger partial charge is 0.304 e. The molecule has 0 saturated heterocycles. The van der Waals surface area contributed by atoms with Gasteiger partial charge in [-0.25, -0.2) is 0 Å². The molecular weight excluding hydrogens is 291 g/mol. The van der Waals surface area contributed by atoms with Crippen molar-refractivity contribution >= 4 is 17.9 Å². The van der Waals surface area contributed by atoms with Crippen LogP contribution in [0.3, 0.4) is 0 Å². The highest BCUT2D eigenvalue weighted by Gasteiger charge is 2.20. The molecule has 0 saturated carbocycles. The van der Waals surface area contributed by atoms with Gasteiger partial charge >= 0.3 is 0 Å². The van der Waals surface area contributed by atoms with Gasteiger partial charge in [0, 0.05) is 10.6 Å². The summed E-state index contributed by atoms with van der Waals surface area (Å²) < 4.78 is 12.4. The van der Waals surface area contributed by atoms with E-state index in [1.54, 1.807) is 24.3 Å². The molecule has 0 atom stereocenters. The molecule has 0 unspecified atom stereocenters. The lowest BCUT2D eigenvalue weighted by atomic mass is 10.4. The molecular formula is C18H27N2OP. The highest BCUT2D eigenvalue weighted by Crippen LogP contribution is 2.33. The summed E-state index contributed by atoms with van der Waals surface area (Å²) in [5.74, 6) is 0. The van der Waals surface area contributed by atoms with E-state index in [2.05, 4.69) is 25.7 Å². The second kappa shape index (κ2) is 9.58. The maximum Gasteiger partial charge on any atom is 0.202 e. The number of hydrogen-bond donors (Lipinski definition) is 1. The number of hydrogen-bond acceptors (Lipinski definition) is 2. The van der Waals surface area contributed by atoms with Gasteiger partial charge < -0.3 is 4.90 Å². The third-order valence-corrected chi connectivity index (χ3v) is 5.75. The van der Waals surface area contributed by atoms with E-state index in [1.165, 1.54) is 19.6 Å². The van der Waals surface area contributed by atoms with Gasteiger partial charge in [-0.15, -0.1) is 0 Å². The molecule has 120 valence electrons. The van der Waals surface area contributed by atoms with Crippen molar-refractivity contribution in [2.75, 3.05) is 19.6 Å². The minimum Gasteiger partial charge on any atom is -0.304 e. The van der Waals surface area contributed by atoms with Gasteiger partial charge in [0.2, 0.25) is 7.29 Å². The van der Waals surface area contributed by atoms with Gasteiger partial charge in [0.15, 0.2) is 0 Å². The van der Waals surface area contributed by atoms with E-state index < -0.39 is 7.29 Å². The van der Waals surface area contributed by atoms with Crippen LogP contribution >= 0.6 is 7.29 Å². The van der Waals surface area contributed by atoms with Crippen molar-refractivity contribution in [1.29, 1.82) is 0 Å². The summed E-state index contributed by atoms with van der Waals surface area (Å²) in [6, 6.07) is 18.3. The van der Waals surface area contributed by atoms with Crippen LogP contribution < -0.4 is 16.1 Å². The normalized spacial score (nSPS) is 11.0. The first kappa shape index (κ1) is 18.6. The summed E-state index contributed by atoms with van der Waals surface area (Å²) in [6.07, 6.45) is 0. The summed E-state index contributed by atoms with van der Waals surface area (Å²) in [6.45, 7) is 10.1. The molecule has 0 aliphatic carbocycles. The summed E-state index contributed by atoms with van der Waals surface area (Å²) in [7, 11) is -2.90. The summed E-state index contributed by atoms with van der Waals surface area (Å²) in [4.78, 5) is 2.38. The minimum atomic E-state index is -2.90. The zero-order chi connectivity index (χ0) is 16.4. The van der Waals surface area contributed by atoms with Crippen LogP contribution in [0.15, 0.2) is 60.7 Å². The number of nitrogens with two attached hydrogens (primary N) is 1. The van der Waals surface area contributed by atoms with Crippen molar-refractivity contribution in [2.45, 2.75) is 20.8 Å². The molecule has 4 heteroatoms. The Labute approximate surface area is 134 Å². The molecule has 0 spiro atoms. The van der Waals surface area contributed by atoms with Crippen LogP contribution in [0.25, 0.3) is 0 Å². The molecule has 0 fully saturated rings. The fourth-order valence-corrected chi connectivity index (χ4v) is 3.65. The maximum absolute atomic E-state index is 12.4. The first-order valence-electron chi connectivity index (χ1n) is 7.78. The second-order valence-electron chi connectivity index (χ2n) is 4.95. The van der Waals surface area contributed by atoms with Gasteiger partial charge in [-0.2, -0.15) is 0 Å². The Balaban J connectivity index is 0.000000295. The summed E-state index contributed by atoms with van der Waals surface area (Å²) in [5, 5.41) is 1.38. The quantitative estimate of drug-likeness (QED) is 0.861. The summed E-state index contributed by atoms with van der Waals surface area (Å²) >= 11 is 0. The molecule has 3 nitrogen and oxygen atoms in total. The average Bonchev–Trinajstić information content (AvgIpc) is 2.59. The Morgan fingerprint density at radius 2 is 1.09 bits per heavy atom. The van der Waals surface area contributed by atoms with Gasteiger partial charge in [-0.3, -0.25) is 10.1 Å². The minimum absolute atomic E-state index is 0.691. The molecule has 2 aromatic carbocycles. The third-order valence-electron chi connectivity index (χ3n) is 3.62. The third kappa shape index (κ3) is 5.42. The van der Waals surface area contributed by atoms with Crippen molar-refractivity contribution in [3.05, 3.63) is 60.7 Å². The Hall–Kier alpha value is -1.41. The van der Waals surface area contributed by atoms with Gasteiger partial charge in [0.1, 0.15) is 0 Å². The Morgan fingerprint density at radius 1 is 0.773 bits per heavy atom. The summed E-state index contributed by atoms with van der Waals surface area (Å²) in [5.41, 5.74) is 5.91. The fourth-order valence-electron chi connectivity index (χ4n) is 2.12. The highest BCUT2D eigenvalue weighted by atomic mass is 31.2. The van der Waals surface area contributed by atoms with Crippen LogP contribution in [0, 0.1) is 0 Å². The van der Waals surface area contributed by atoms with Gasteiger partial charge in [-0.05, 0) is 43.9 Å². The van der Waals surface area contributed by atoms with Crippen LogP contribution in [-0.4, -0.2) is 24.5 Å². The van der Waals surface area contributed by atoms with Crippen LogP contribution in [0.1, 0.15) is 20.8 Å². The standard InChI is InChI=1S/C12H12NOP.C6H15N/c13-15(14,11-7-3-1-4-8-11)12-9-5-2-6-10-12;1-4-7(5-2)6-3/h1-10H,(H2,13,14);4-6H2,1-3H3. The molecule has 2 rings (SSSR count). The fraction of sp³-hybridized carbons (Fsp3) is 0.333. The molecule has 0 bridgehead atoms. The molecule has 0 aliphatic heterocycles. The Morgan fingerprint density at radius 3 is 1.32 bits per heavy atom. The van der Waals surface area contributed by atoms with Crippen molar-refractivity contribution in [2.24, 2.45) is 5.50 Å². The van der Waals surface area contributed by atoms with Crippen molar-refractivity contribution in [1.82, 2.24) is 4.90 Å². The zero-order valence-corrected chi connectivity index (χ0v) is 14.7. The Bertz CT molecular complexity index is 519. The topological polar surface area (TPSA) is 46.3 Å². The molecule has 0 heterocycles. The lowest BCUT2D eigenvalue weighted by molar-refractivity contribution is 0.321. The molecule has 0 aliphatic rings. The lowest BCUT2D eigenvalue weighted by Gasteiger charge is -2.13. The molecule has 2 aromatic rings. The van der Waals surface area contributed by atoms with Crippen molar-refractivity contribution in [3.8, 4) is 0 Å². The van der Waals surface area contributed by atoms with E-state index in [0.717, 1.165) is 0 Å². The van der Waals surface area contributed by atoms with E-state index >= 15 is 0 Å². The van der Waals surface area contributed by atoms with E-state index in [0.29, 0.717) is 10.6 Å². The number of benzene rings is 2. The predicted octanol–water partition coefficient (Wildman–Crippen LogP) is 3.22. The monoisotopic (exact) mass is 318 g/mol. The molecule has 22 heavy (non-hydrogen) atoms.